The Morgan fingerprint density at radius 2 is 1.87 bits per heavy atom. The van der Waals surface area contributed by atoms with E-state index in [1.165, 1.54) is 0 Å². The van der Waals surface area contributed by atoms with E-state index in [1.54, 1.807) is 10.9 Å². The summed E-state index contributed by atoms with van der Waals surface area (Å²) in [5.74, 6) is 0.465. The highest BCUT2D eigenvalue weighted by Crippen LogP contribution is 2.24. The van der Waals surface area contributed by atoms with Gasteiger partial charge in [0.1, 0.15) is 5.69 Å². The molecule has 0 spiro atoms. The van der Waals surface area contributed by atoms with Gasteiger partial charge in [0.05, 0.1) is 17.8 Å². The van der Waals surface area contributed by atoms with Gasteiger partial charge in [-0.05, 0) is 38.2 Å². The lowest BCUT2D eigenvalue weighted by Gasteiger charge is -2.06. The highest BCUT2D eigenvalue weighted by molar-refractivity contribution is 7.71. The van der Waals surface area contributed by atoms with Gasteiger partial charge in [-0.15, -0.1) is 0 Å². The fraction of sp³-hybridized carbons (Fsp3) is 0.182. The number of nitrogens with one attached hydrogen (secondary N) is 2. The molecule has 0 saturated heterocycles. The van der Waals surface area contributed by atoms with Gasteiger partial charge in [0.15, 0.2) is 10.6 Å². The van der Waals surface area contributed by atoms with Crippen molar-refractivity contribution in [1.29, 1.82) is 0 Å². The summed E-state index contributed by atoms with van der Waals surface area (Å²) in [6.07, 6.45) is 1.76. The Kier molecular flexibility index (Phi) is 5.58. The molecule has 1 amide bonds. The smallest absolute Gasteiger partial charge is 0.255 e. The summed E-state index contributed by atoms with van der Waals surface area (Å²) in [6, 6.07) is 17.7. The third kappa shape index (κ3) is 3.95. The number of hydrogen-bond donors (Lipinski definition) is 2. The van der Waals surface area contributed by atoms with E-state index in [9.17, 15) is 4.79 Å². The molecule has 7 nitrogen and oxygen atoms in total. The van der Waals surface area contributed by atoms with Crippen LogP contribution in [0, 0.1) is 11.7 Å². The van der Waals surface area contributed by atoms with Crippen LogP contribution < -0.4 is 5.32 Å². The Balaban J connectivity index is 1.67. The number of carbonyl (C=O) groups is 1. The highest BCUT2D eigenvalue weighted by Gasteiger charge is 2.19. The van der Waals surface area contributed by atoms with Gasteiger partial charge in [-0.3, -0.25) is 9.89 Å². The zero-order valence-electron chi connectivity index (χ0n) is 16.8. The molecule has 2 N–H and O–H groups in total. The zero-order chi connectivity index (χ0) is 21.1. The number of aromatic nitrogens is 5. The number of aromatic amines is 1. The molecule has 0 saturated carbocycles. The molecule has 0 aliphatic rings. The van der Waals surface area contributed by atoms with Crippen LogP contribution in [0.5, 0.6) is 0 Å². The molecule has 0 radical (unpaired) electrons. The number of rotatable bonds is 6. The van der Waals surface area contributed by atoms with Gasteiger partial charge in [0.2, 0.25) is 0 Å². The van der Waals surface area contributed by atoms with Crippen LogP contribution >= 0.6 is 12.2 Å². The largest absolute Gasteiger partial charge is 0.345 e. The molecule has 0 bridgehead atoms. The molecule has 4 aromatic rings. The molecular weight excluding hydrogens is 396 g/mol. The van der Waals surface area contributed by atoms with Crippen LogP contribution in [0.3, 0.4) is 0 Å². The van der Waals surface area contributed by atoms with Gasteiger partial charge in [-0.1, -0.05) is 48.0 Å². The summed E-state index contributed by atoms with van der Waals surface area (Å²) in [5.41, 5.74) is 4.06. The second-order valence-corrected chi connectivity index (χ2v) is 7.30. The van der Waals surface area contributed by atoms with Crippen molar-refractivity contribution in [2.75, 3.05) is 0 Å². The number of amides is 1. The number of H-pyrrole nitrogens is 1. The van der Waals surface area contributed by atoms with Crippen LogP contribution in [0.25, 0.3) is 16.9 Å². The number of hydrogen-bond acceptors (Lipinski definition) is 4. The summed E-state index contributed by atoms with van der Waals surface area (Å²) in [4.78, 5) is 13.1. The average Bonchev–Trinajstić information content (AvgIpc) is 3.37. The normalized spacial score (nSPS) is 10.9. The summed E-state index contributed by atoms with van der Waals surface area (Å²) in [5, 5.41) is 14.6. The zero-order valence-corrected chi connectivity index (χ0v) is 17.6. The van der Waals surface area contributed by atoms with Crippen molar-refractivity contribution in [3.63, 3.8) is 0 Å². The molecule has 2 aromatic carbocycles. The predicted molar refractivity (Wildman–Crippen MR) is 118 cm³/mol. The first-order chi connectivity index (χ1) is 14.6. The molecule has 0 aliphatic heterocycles. The van der Waals surface area contributed by atoms with Crippen molar-refractivity contribution in [3.05, 3.63) is 82.5 Å². The van der Waals surface area contributed by atoms with Crippen molar-refractivity contribution >= 4 is 18.1 Å². The first-order valence-corrected chi connectivity index (χ1v) is 10.1. The molecule has 0 unspecified atom stereocenters. The van der Waals surface area contributed by atoms with Crippen LogP contribution in [-0.4, -0.2) is 30.5 Å². The van der Waals surface area contributed by atoms with E-state index in [4.69, 9.17) is 17.3 Å². The lowest BCUT2D eigenvalue weighted by atomic mass is 10.1. The molecule has 4 rings (SSSR count). The van der Waals surface area contributed by atoms with E-state index in [1.807, 2.05) is 73.0 Å². The van der Waals surface area contributed by atoms with Gasteiger partial charge < -0.3 is 9.88 Å². The summed E-state index contributed by atoms with van der Waals surface area (Å²) in [7, 11) is 0. The second-order valence-electron chi connectivity index (χ2n) is 6.91. The van der Waals surface area contributed by atoms with Crippen molar-refractivity contribution in [2.45, 2.75) is 26.9 Å². The molecular formula is C22H22N6OS. The maximum absolute atomic E-state index is 13.1. The first kappa shape index (κ1) is 19.8. The lowest BCUT2D eigenvalue weighted by Crippen LogP contribution is -2.25. The first-order valence-electron chi connectivity index (χ1n) is 9.71. The minimum Gasteiger partial charge on any atom is -0.345 e. The Labute approximate surface area is 179 Å². The predicted octanol–water partition coefficient (Wildman–Crippen LogP) is 4.05. The molecule has 0 fully saturated rings. The van der Waals surface area contributed by atoms with E-state index in [-0.39, 0.29) is 12.5 Å². The maximum Gasteiger partial charge on any atom is 0.255 e. The van der Waals surface area contributed by atoms with Gasteiger partial charge in [0, 0.05) is 18.3 Å². The number of nitrogens with zero attached hydrogens (tertiary/aromatic N) is 4. The van der Waals surface area contributed by atoms with Crippen molar-refractivity contribution in [3.8, 4) is 16.9 Å². The third-order valence-corrected chi connectivity index (χ3v) is 5.18. The van der Waals surface area contributed by atoms with Gasteiger partial charge >= 0.3 is 0 Å². The SMILES string of the molecule is CCn1c(CNC(=O)c2cn(-c3ccc(C)cc3)nc2-c2ccccc2)n[nH]c1=S. The van der Waals surface area contributed by atoms with Crippen molar-refractivity contribution in [1.82, 2.24) is 29.9 Å². The molecule has 0 atom stereocenters. The van der Waals surface area contributed by atoms with Crippen LogP contribution in [0.15, 0.2) is 60.8 Å². The van der Waals surface area contributed by atoms with E-state index in [0.717, 1.165) is 16.8 Å². The molecule has 0 aliphatic carbocycles. The minimum absolute atomic E-state index is 0.219. The molecule has 8 heteroatoms. The molecule has 30 heavy (non-hydrogen) atoms. The number of carbonyl (C=O) groups excluding carboxylic acids is 1. The fourth-order valence-corrected chi connectivity index (χ4v) is 3.53. The Bertz CT molecular complexity index is 1220. The van der Waals surface area contributed by atoms with Crippen LogP contribution in [0.2, 0.25) is 0 Å². The number of benzene rings is 2. The molecule has 152 valence electrons. The van der Waals surface area contributed by atoms with Gasteiger partial charge in [-0.25, -0.2) is 4.68 Å². The third-order valence-electron chi connectivity index (χ3n) is 4.87. The minimum atomic E-state index is -0.219. The standard InChI is InChI=1S/C22H22N6OS/c1-3-27-19(24-25-22(27)30)13-23-21(29)18-14-28(17-11-9-15(2)10-12-17)26-20(18)16-7-5-4-6-8-16/h4-12,14H,3,13H2,1-2H3,(H,23,29)(H,25,30). The van der Waals surface area contributed by atoms with Crippen molar-refractivity contribution in [2.24, 2.45) is 0 Å². The summed E-state index contributed by atoms with van der Waals surface area (Å²) < 4.78 is 4.13. The Morgan fingerprint density at radius 1 is 1.13 bits per heavy atom. The Morgan fingerprint density at radius 3 is 2.57 bits per heavy atom. The van der Waals surface area contributed by atoms with Gasteiger partial charge in [-0.2, -0.15) is 10.2 Å². The van der Waals surface area contributed by atoms with Gasteiger partial charge in [0.25, 0.3) is 5.91 Å². The number of aryl methyl sites for hydroxylation is 1. The van der Waals surface area contributed by atoms with Crippen molar-refractivity contribution < 1.29 is 4.79 Å². The van der Waals surface area contributed by atoms with Crippen LogP contribution in [0.1, 0.15) is 28.7 Å². The maximum atomic E-state index is 13.1. The van der Waals surface area contributed by atoms with E-state index < -0.39 is 0 Å². The quantitative estimate of drug-likeness (QED) is 0.463. The Hall–Kier alpha value is -3.52. The average molecular weight is 419 g/mol. The van der Waals surface area contributed by atoms with Crippen LogP contribution in [-0.2, 0) is 13.1 Å². The second kappa shape index (κ2) is 8.46. The monoisotopic (exact) mass is 418 g/mol. The molecule has 2 heterocycles. The topological polar surface area (TPSA) is 80.5 Å². The fourth-order valence-electron chi connectivity index (χ4n) is 3.25. The van der Waals surface area contributed by atoms with E-state index >= 15 is 0 Å². The molecule has 2 aromatic heterocycles. The lowest BCUT2D eigenvalue weighted by molar-refractivity contribution is 0.0950. The summed E-state index contributed by atoms with van der Waals surface area (Å²) in [6.45, 7) is 4.97. The summed E-state index contributed by atoms with van der Waals surface area (Å²) >= 11 is 5.22. The van der Waals surface area contributed by atoms with Crippen LogP contribution in [0.4, 0.5) is 0 Å². The van der Waals surface area contributed by atoms with E-state index in [0.29, 0.717) is 28.4 Å². The highest BCUT2D eigenvalue weighted by atomic mass is 32.1. The van der Waals surface area contributed by atoms with E-state index in [2.05, 4.69) is 15.5 Å².